The number of benzene rings is 1. The number of pyridine rings is 1. The Hall–Kier alpha value is -1.50. The Bertz CT molecular complexity index is 635. The van der Waals surface area contributed by atoms with Crippen molar-refractivity contribution < 1.29 is 13.5 Å². The Morgan fingerprint density at radius 3 is 2.89 bits per heavy atom. The summed E-state index contributed by atoms with van der Waals surface area (Å²) >= 11 is 0. The van der Waals surface area contributed by atoms with E-state index < -0.39 is 9.84 Å². The molecule has 2 rings (SSSR count). The lowest BCUT2D eigenvalue weighted by Gasteiger charge is -2.08. The molecule has 2 aromatic rings. The Kier molecular flexibility index (Phi) is 3.90. The first-order valence-corrected chi connectivity index (χ1v) is 7.17. The zero-order valence-corrected chi connectivity index (χ0v) is 10.5. The van der Waals surface area contributed by atoms with Gasteiger partial charge in [0.2, 0.25) is 0 Å². The number of aromatic nitrogens is 1. The minimum Gasteiger partial charge on any atom is -0.395 e. The first-order chi connectivity index (χ1) is 8.65. The molecule has 18 heavy (non-hydrogen) atoms. The van der Waals surface area contributed by atoms with Crippen molar-refractivity contribution in [3.63, 3.8) is 0 Å². The summed E-state index contributed by atoms with van der Waals surface area (Å²) in [5.41, 5.74) is 0. The van der Waals surface area contributed by atoms with E-state index in [9.17, 15) is 8.42 Å². The van der Waals surface area contributed by atoms with Crippen LogP contribution in [0.2, 0.25) is 0 Å². The molecule has 1 heterocycles. The number of hydrogen-bond acceptors (Lipinski definition) is 5. The summed E-state index contributed by atoms with van der Waals surface area (Å²) in [6, 6.07) is 6.79. The van der Waals surface area contributed by atoms with E-state index >= 15 is 0 Å². The van der Waals surface area contributed by atoms with Gasteiger partial charge in [0.1, 0.15) is 5.88 Å². The lowest BCUT2D eigenvalue weighted by molar-refractivity contribution is 0.295. The van der Waals surface area contributed by atoms with E-state index in [0.29, 0.717) is 5.39 Å². The van der Waals surface area contributed by atoms with Gasteiger partial charge in [0.05, 0.1) is 11.5 Å². The lowest BCUT2D eigenvalue weighted by atomic mass is 10.2. The Morgan fingerprint density at radius 2 is 2.11 bits per heavy atom. The molecule has 0 saturated carbocycles. The van der Waals surface area contributed by atoms with Crippen molar-refractivity contribution in [1.82, 2.24) is 10.3 Å². The van der Waals surface area contributed by atoms with E-state index in [-0.39, 0.29) is 23.9 Å². The van der Waals surface area contributed by atoms with Crippen LogP contribution in [0.15, 0.2) is 41.6 Å². The molecule has 0 radical (unpaired) electrons. The average molecular weight is 266 g/mol. The second kappa shape index (κ2) is 5.43. The van der Waals surface area contributed by atoms with E-state index in [1.807, 2.05) is 6.07 Å². The summed E-state index contributed by atoms with van der Waals surface area (Å²) < 4.78 is 24.3. The van der Waals surface area contributed by atoms with Gasteiger partial charge in [0, 0.05) is 29.7 Å². The molecule has 0 amide bonds. The van der Waals surface area contributed by atoms with Crippen molar-refractivity contribution in [3.8, 4) is 0 Å². The third kappa shape index (κ3) is 2.66. The minimum atomic E-state index is -3.41. The molecule has 1 aromatic heterocycles. The van der Waals surface area contributed by atoms with Crippen LogP contribution in [-0.4, -0.2) is 37.5 Å². The van der Waals surface area contributed by atoms with Gasteiger partial charge in [-0.05, 0) is 12.1 Å². The first-order valence-electron chi connectivity index (χ1n) is 5.52. The second-order valence-electron chi connectivity index (χ2n) is 3.84. The zero-order valence-electron chi connectivity index (χ0n) is 9.70. The quantitative estimate of drug-likeness (QED) is 0.773. The largest absolute Gasteiger partial charge is 0.395 e. The predicted octanol–water partition coefficient (Wildman–Crippen LogP) is 0.548. The van der Waals surface area contributed by atoms with Crippen LogP contribution in [0.25, 0.3) is 10.8 Å². The average Bonchev–Trinajstić information content (AvgIpc) is 2.38. The van der Waals surface area contributed by atoms with E-state index in [4.69, 9.17) is 5.11 Å². The van der Waals surface area contributed by atoms with Gasteiger partial charge in [-0.2, -0.15) is 0 Å². The fourth-order valence-corrected chi connectivity index (χ4v) is 3.10. The SMILES string of the molecule is O=S(=O)(CNCCO)c1cccc2cnccc12. The monoisotopic (exact) mass is 266 g/mol. The number of sulfone groups is 1. The van der Waals surface area contributed by atoms with Gasteiger partial charge >= 0.3 is 0 Å². The summed E-state index contributed by atoms with van der Waals surface area (Å²) in [6.45, 7) is 0.167. The van der Waals surface area contributed by atoms with Crippen molar-refractivity contribution >= 4 is 20.6 Å². The highest BCUT2D eigenvalue weighted by Gasteiger charge is 2.16. The van der Waals surface area contributed by atoms with Crippen LogP contribution < -0.4 is 5.32 Å². The van der Waals surface area contributed by atoms with Gasteiger partial charge in [0.25, 0.3) is 0 Å². The lowest BCUT2D eigenvalue weighted by Crippen LogP contribution is -2.26. The smallest absolute Gasteiger partial charge is 0.191 e. The molecule has 0 spiro atoms. The fourth-order valence-electron chi connectivity index (χ4n) is 1.73. The molecule has 0 saturated heterocycles. The molecule has 5 nitrogen and oxygen atoms in total. The molecule has 96 valence electrons. The summed E-state index contributed by atoms with van der Waals surface area (Å²) in [7, 11) is -3.41. The van der Waals surface area contributed by atoms with Crippen molar-refractivity contribution in [2.75, 3.05) is 19.0 Å². The molecule has 0 unspecified atom stereocenters. The van der Waals surface area contributed by atoms with E-state index in [1.165, 1.54) is 0 Å². The molecule has 0 aliphatic carbocycles. The molecular weight excluding hydrogens is 252 g/mol. The molecule has 0 aliphatic heterocycles. The molecule has 2 N–H and O–H groups in total. The summed E-state index contributed by atoms with van der Waals surface area (Å²) in [5, 5.41) is 12.8. The van der Waals surface area contributed by atoms with Crippen LogP contribution in [0.5, 0.6) is 0 Å². The summed E-state index contributed by atoms with van der Waals surface area (Å²) in [4.78, 5) is 4.25. The number of fused-ring (bicyclic) bond motifs is 1. The van der Waals surface area contributed by atoms with Crippen molar-refractivity contribution in [3.05, 3.63) is 36.7 Å². The van der Waals surface area contributed by atoms with Crippen molar-refractivity contribution in [2.45, 2.75) is 4.90 Å². The first kappa shape index (κ1) is 12.9. The van der Waals surface area contributed by atoms with Crippen LogP contribution >= 0.6 is 0 Å². The second-order valence-corrected chi connectivity index (χ2v) is 5.79. The van der Waals surface area contributed by atoms with Crippen molar-refractivity contribution in [1.29, 1.82) is 0 Å². The van der Waals surface area contributed by atoms with Gasteiger partial charge < -0.3 is 10.4 Å². The van der Waals surface area contributed by atoms with Crippen LogP contribution in [0.1, 0.15) is 0 Å². The van der Waals surface area contributed by atoms with Crippen LogP contribution in [0, 0.1) is 0 Å². The number of aliphatic hydroxyl groups excluding tert-OH is 1. The van der Waals surface area contributed by atoms with Gasteiger partial charge in [0.15, 0.2) is 9.84 Å². The van der Waals surface area contributed by atoms with Crippen LogP contribution in [0.3, 0.4) is 0 Å². The molecular formula is C12H14N2O3S. The highest BCUT2D eigenvalue weighted by atomic mass is 32.2. The number of nitrogens with zero attached hydrogens (tertiary/aromatic N) is 1. The normalized spacial score (nSPS) is 11.8. The van der Waals surface area contributed by atoms with Crippen LogP contribution in [0.4, 0.5) is 0 Å². The third-order valence-corrected chi connectivity index (χ3v) is 4.17. The molecule has 1 aromatic carbocycles. The molecule has 0 atom stereocenters. The Labute approximate surface area is 105 Å². The summed E-state index contributed by atoms with van der Waals surface area (Å²) in [5.74, 6) is -0.186. The molecule has 0 fully saturated rings. The van der Waals surface area contributed by atoms with E-state index in [1.54, 1.807) is 30.6 Å². The predicted molar refractivity (Wildman–Crippen MR) is 68.9 cm³/mol. The van der Waals surface area contributed by atoms with Gasteiger partial charge in [-0.15, -0.1) is 0 Å². The Morgan fingerprint density at radius 1 is 1.28 bits per heavy atom. The highest BCUT2D eigenvalue weighted by Crippen LogP contribution is 2.22. The fraction of sp³-hybridized carbons (Fsp3) is 0.250. The van der Waals surface area contributed by atoms with Gasteiger partial charge in [-0.25, -0.2) is 8.42 Å². The molecule has 0 aliphatic rings. The standard InChI is InChI=1S/C12H14N2O3S/c15-7-6-14-9-18(16,17)12-3-1-2-10-8-13-5-4-11(10)12/h1-5,8,14-15H,6-7,9H2. The minimum absolute atomic E-state index is 0.0883. The van der Waals surface area contributed by atoms with Gasteiger partial charge in [-0.1, -0.05) is 12.1 Å². The van der Waals surface area contributed by atoms with E-state index in [2.05, 4.69) is 10.3 Å². The van der Waals surface area contributed by atoms with Crippen molar-refractivity contribution in [2.24, 2.45) is 0 Å². The van der Waals surface area contributed by atoms with Gasteiger partial charge in [-0.3, -0.25) is 4.98 Å². The highest BCUT2D eigenvalue weighted by molar-refractivity contribution is 7.91. The maximum atomic E-state index is 12.2. The maximum absolute atomic E-state index is 12.2. The topological polar surface area (TPSA) is 79.3 Å². The zero-order chi connectivity index (χ0) is 13.0. The third-order valence-electron chi connectivity index (χ3n) is 2.56. The molecule has 6 heteroatoms. The Balaban J connectivity index is 2.41. The summed E-state index contributed by atoms with van der Waals surface area (Å²) in [6.07, 6.45) is 3.21. The maximum Gasteiger partial charge on any atom is 0.191 e. The number of hydrogen-bond donors (Lipinski definition) is 2. The van der Waals surface area contributed by atoms with E-state index in [0.717, 1.165) is 5.39 Å². The number of nitrogens with one attached hydrogen (secondary N) is 1. The number of rotatable bonds is 5. The van der Waals surface area contributed by atoms with Crippen LogP contribution in [-0.2, 0) is 9.84 Å². The molecule has 0 bridgehead atoms. The number of aliphatic hydroxyl groups is 1.